The first-order valence-electron chi connectivity index (χ1n) is 6.53. The molecular weight excluding hydrogens is 230 g/mol. The predicted octanol–water partition coefficient (Wildman–Crippen LogP) is 5.26. The summed E-state index contributed by atoms with van der Waals surface area (Å²) >= 11 is 0. The summed E-state index contributed by atoms with van der Waals surface area (Å²) in [5.74, 6) is 0. The third-order valence-electron chi connectivity index (χ3n) is 2.96. The molecule has 0 aliphatic heterocycles. The molecule has 0 radical (unpaired) electrons. The highest BCUT2D eigenvalue weighted by atomic mass is 14.7. The van der Waals surface area contributed by atoms with Gasteiger partial charge in [0.25, 0.3) is 0 Å². The maximum Gasteiger partial charge on any atom is 0.0458 e. The Labute approximate surface area is 114 Å². The molecule has 0 aliphatic rings. The van der Waals surface area contributed by atoms with Crippen LogP contribution in [0.4, 0.5) is 0 Å². The van der Waals surface area contributed by atoms with Crippen molar-refractivity contribution in [2.45, 2.75) is 12.8 Å². The number of hydrogen-bond acceptors (Lipinski definition) is 0. The minimum atomic E-state index is 1.01. The van der Waals surface area contributed by atoms with Crippen LogP contribution in [0.2, 0.25) is 0 Å². The molecule has 1 aromatic heterocycles. The minimum Gasteiger partial charge on any atom is -0.355 e. The molecule has 1 nitrogen and oxygen atoms in total. The molecule has 1 aromatic carbocycles. The van der Waals surface area contributed by atoms with Gasteiger partial charge in [-0.05, 0) is 42.0 Å². The van der Waals surface area contributed by atoms with Crippen LogP contribution in [0.5, 0.6) is 0 Å². The summed E-state index contributed by atoms with van der Waals surface area (Å²) in [6, 6.07) is 10.4. The molecule has 0 fully saturated rings. The number of nitrogens with one attached hydrogen (secondary N) is 1. The zero-order chi connectivity index (χ0) is 13.5. The maximum atomic E-state index is 3.86. The van der Waals surface area contributed by atoms with Gasteiger partial charge in [0, 0.05) is 11.2 Å². The lowest BCUT2D eigenvalue weighted by Crippen LogP contribution is -1.75. The number of allylic oxidation sites excluding steroid dienone is 5. The maximum absolute atomic E-state index is 3.86. The molecule has 0 atom stereocenters. The first-order valence-corrected chi connectivity index (χ1v) is 6.53. The Balaban J connectivity index is 2.19. The summed E-state index contributed by atoms with van der Waals surface area (Å²) in [6.07, 6.45) is 12.2. The van der Waals surface area contributed by atoms with Crippen LogP contribution in [0, 0.1) is 0 Å². The van der Waals surface area contributed by atoms with Gasteiger partial charge in [-0.3, -0.25) is 0 Å². The average Bonchev–Trinajstić information content (AvgIpc) is 2.84. The topological polar surface area (TPSA) is 15.8 Å². The smallest absolute Gasteiger partial charge is 0.0458 e. The molecule has 0 unspecified atom stereocenters. The van der Waals surface area contributed by atoms with Crippen molar-refractivity contribution >= 4 is 17.0 Å². The van der Waals surface area contributed by atoms with E-state index >= 15 is 0 Å². The van der Waals surface area contributed by atoms with Gasteiger partial charge >= 0.3 is 0 Å². The van der Waals surface area contributed by atoms with Crippen molar-refractivity contribution in [2.24, 2.45) is 0 Å². The minimum absolute atomic E-state index is 1.01. The summed E-state index contributed by atoms with van der Waals surface area (Å²) in [6.45, 7) is 7.57. The molecule has 0 bridgehead atoms. The summed E-state index contributed by atoms with van der Waals surface area (Å²) in [5, 5.41) is 1.23. The Morgan fingerprint density at radius 1 is 1.16 bits per heavy atom. The monoisotopic (exact) mass is 249 g/mol. The fourth-order valence-electron chi connectivity index (χ4n) is 1.96. The van der Waals surface area contributed by atoms with Crippen LogP contribution in [0.25, 0.3) is 17.0 Å². The van der Waals surface area contributed by atoms with E-state index in [1.165, 1.54) is 5.39 Å². The lowest BCUT2D eigenvalue weighted by atomic mass is 10.1. The van der Waals surface area contributed by atoms with Crippen LogP contribution < -0.4 is 0 Å². The fourth-order valence-corrected chi connectivity index (χ4v) is 1.96. The lowest BCUT2D eigenvalue weighted by molar-refractivity contribution is 1.05. The van der Waals surface area contributed by atoms with Crippen LogP contribution >= 0.6 is 0 Å². The van der Waals surface area contributed by atoms with Crippen molar-refractivity contribution in [1.29, 1.82) is 0 Å². The number of aromatic amines is 1. The standard InChI is InChI=1S/C18H19N/c1-3-5-6-7-10-15(4-2)13-17-14-16-11-8-9-12-18(16)19-17/h3-4,7-14,19H,1-2,5-6H2/b10-7+,15-13+. The second-order valence-corrected chi connectivity index (χ2v) is 4.43. The highest BCUT2D eigenvalue weighted by Crippen LogP contribution is 2.17. The van der Waals surface area contributed by atoms with Gasteiger partial charge in [0.05, 0.1) is 0 Å². The van der Waals surface area contributed by atoms with E-state index in [-0.39, 0.29) is 0 Å². The number of benzene rings is 1. The van der Waals surface area contributed by atoms with Gasteiger partial charge in [0.1, 0.15) is 0 Å². The van der Waals surface area contributed by atoms with Crippen molar-refractivity contribution in [2.75, 3.05) is 0 Å². The van der Waals surface area contributed by atoms with Crippen LogP contribution in [0.3, 0.4) is 0 Å². The fraction of sp³-hybridized carbons (Fsp3) is 0.111. The highest BCUT2D eigenvalue weighted by Gasteiger charge is 1.97. The Morgan fingerprint density at radius 2 is 2.00 bits per heavy atom. The van der Waals surface area contributed by atoms with Crippen molar-refractivity contribution in [3.8, 4) is 0 Å². The number of rotatable bonds is 6. The number of fused-ring (bicyclic) bond motifs is 1. The first-order chi connectivity index (χ1) is 9.33. The van der Waals surface area contributed by atoms with Crippen molar-refractivity contribution in [3.05, 3.63) is 79.1 Å². The molecule has 0 amide bonds. The Kier molecular flexibility index (Phi) is 4.57. The molecule has 96 valence electrons. The van der Waals surface area contributed by atoms with Crippen molar-refractivity contribution < 1.29 is 0 Å². The molecular formula is C18H19N. The van der Waals surface area contributed by atoms with Crippen LogP contribution in [-0.4, -0.2) is 4.98 Å². The van der Waals surface area contributed by atoms with Gasteiger partial charge in [-0.15, -0.1) is 6.58 Å². The summed E-state index contributed by atoms with van der Waals surface area (Å²) < 4.78 is 0. The van der Waals surface area contributed by atoms with Crippen LogP contribution in [0.1, 0.15) is 18.5 Å². The Morgan fingerprint density at radius 3 is 2.74 bits per heavy atom. The van der Waals surface area contributed by atoms with E-state index in [0.29, 0.717) is 0 Å². The lowest BCUT2D eigenvalue weighted by Gasteiger charge is -1.93. The molecule has 0 aliphatic carbocycles. The first kappa shape index (κ1) is 13.2. The molecule has 2 rings (SSSR count). The number of hydrogen-bond donors (Lipinski definition) is 1. The van der Waals surface area contributed by atoms with E-state index < -0.39 is 0 Å². The van der Waals surface area contributed by atoms with E-state index in [4.69, 9.17) is 0 Å². The van der Waals surface area contributed by atoms with Crippen LogP contribution in [0.15, 0.2) is 73.4 Å². The van der Waals surface area contributed by atoms with Crippen molar-refractivity contribution in [1.82, 2.24) is 4.98 Å². The molecule has 0 saturated carbocycles. The second kappa shape index (κ2) is 6.60. The summed E-state index contributed by atoms with van der Waals surface area (Å²) in [4.78, 5) is 3.39. The molecule has 19 heavy (non-hydrogen) atoms. The second-order valence-electron chi connectivity index (χ2n) is 4.43. The Bertz CT molecular complexity index is 593. The number of aromatic nitrogens is 1. The van der Waals surface area contributed by atoms with Gasteiger partial charge in [0.2, 0.25) is 0 Å². The summed E-state index contributed by atoms with van der Waals surface area (Å²) in [7, 11) is 0. The van der Waals surface area contributed by atoms with E-state index in [0.717, 1.165) is 29.6 Å². The van der Waals surface area contributed by atoms with Gasteiger partial charge in [-0.25, -0.2) is 0 Å². The average molecular weight is 249 g/mol. The van der Waals surface area contributed by atoms with E-state index in [9.17, 15) is 0 Å². The third kappa shape index (κ3) is 3.59. The van der Waals surface area contributed by atoms with Crippen molar-refractivity contribution in [3.63, 3.8) is 0 Å². The zero-order valence-electron chi connectivity index (χ0n) is 11.1. The summed E-state index contributed by atoms with van der Waals surface area (Å²) in [5.41, 5.74) is 3.37. The largest absolute Gasteiger partial charge is 0.355 e. The molecule has 2 aromatic rings. The SMILES string of the molecule is C=CCC/C=C/C(C=C)=C/c1cc2ccccc2[nH]1. The molecule has 0 spiro atoms. The van der Waals surface area contributed by atoms with Gasteiger partial charge < -0.3 is 4.98 Å². The third-order valence-corrected chi connectivity index (χ3v) is 2.96. The molecule has 1 N–H and O–H groups in total. The molecule has 0 saturated heterocycles. The Hall–Kier alpha value is -2.28. The van der Waals surface area contributed by atoms with Gasteiger partial charge in [-0.2, -0.15) is 0 Å². The highest BCUT2D eigenvalue weighted by molar-refractivity contribution is 5.83. The predicted molar refractivity (Wildman–Crippen MR) is 85.0 cm³/mol. The van der Waals surface area contributed by atoms with Crippen LogP contribution in [-0.2, 0) is 0 Å². The van der Waals surface area contributed by atoms with Gasteiger partial charge in [0.15, 0.2) is 0 Å². The molecule has 1 heterocycles. The number of para-hydroxylation sites is 1. The number of H-pyrrole nitrogens is 1. The quantitative estimate of drug-likeness (QED) is 0.408. The van der Waals surface area contributed by atoms with Gasteiger partial charge in [-0.1, -0.05) is 49.1 Å². The van der Waals surface area contributed by atoms with E-state index in [2.05, 4.69) is 54.6 Å². The zero-order valence-corrected chi connectivity index (χ0v) is 11.1. The van der Waals surface area contributed by atoms with E-state index in [1.807, 2.05) is 24.3 Å². The number of unbranched alkanes of at least 4 members (excludes halogenated alkanes) is 1. The normalized spacial score (nSPS) is 12.1. The van der Waals surface area contributed by atoms with E-state index in [1.54, 1.807) is 0 Å². The molecule has 1 heteroatoms.